The molecule has 3 saturated heterocycles. The maximum Gasteiger partial charge on any atom is 0.244 e. The van der Waals surface area contributed by atoms with Gasteiger partial charge >= 0.3 is 0 Å². The SMILES string of the molecule is CCOc1ccc(NC(=O)[C@@H]2[C@H]3C(=O)N([C@@H](CO)[C@@H](C)CC)C(C(=O)NC(C)C)C34S[C@@H]2CC4C)cc1. The van der Waals surface area contributed by atoms with Crippen LogP contribution in [-0.4, -0.2) is 69.1 Å². The number of likely N-dealkylation sites (tertiary alicyclic amines) is 1. The number of carbonyl (C=O) groups is 3. The summed E-state index contributed by atoms with van der Waals surface area (Å²) in [7, 11) is 0. The van der Waals surface area contributed by atoms with Crippen LogP contribution in [0.15, 0.2) is 24.3 Å². The summed E-state index contributed by atoms with van der Waals surface area (Å²) in [6, 6.07) is 5.92. The van der Waals surface area contributed by atoms with Gasteiger partial charge in [0.15, 0.2) is 0 Å². The van der Waals surface area contributed by atoms with Crippen LogP contribution in [0.4, 0.5) is 5.69 Å². The first-order valence-corrected chi connectivity index (χ1v) is 14.4. The summed E-state index contributed by atoms with van der Waals surface area (Å²) in [6.07, 6.45) is 1.53. The second-order valence-electron chi connectivity index (χ2n) is 11.0. The van der Waals surface area contributed by atoms with E-state index in [4.69, 9.17) is 4.74 Å². The molecule has 0 aromatic heterocycles. The predicted octanol–water partition coefficient (Wildman–Crippen LogP) is 3.29. The van der Waals surface area contributed by atoms with Crippen molar-refractivity contribution in [2.24, 2.45) is 23.7 Å². The number of thioether (sulfide) groups is 1. The first kappa shape index (κ1) is 27.8. The van der Waals surface area contributed by atoms with Crippen molar-refractivity contribution in [3.05, 3.63) is 24.3 Å². The number of aliphatic hydroxyl groups excluding tert-OH is 1. The monoisotopic (exact) mass is 531 g/mol. The van der Waals surface area contributed by atoms with Crippen molar-refractivity contribution in [3.63, 3.8) is 0 Å². The number of nitrogens with zero attached hydrogens (tertiary/aromatic N) is 1. The molecule has 1 aromatic rings. The topological polar surface area (TPSA) is 108 Å². The molecule has 3 fully saturated rings. The van der Waals surface area contributed by atoms with Crippen LogP contribution in [0.3, 0.4) is 0 Å². The number of anilines is 1. The minimum absolute atomic E-state index is 0.00663. The van der Waals surface area contributed by atoms with E-state index in [0.717, 1.165) is 18.6 Å². The smallest absolute Gasteiger partial charge is 0.244 e. The zero-order valence-corrected chi connectivity index (χ0v) is 23.5. The van der Waals surface area contributed by atoms with Crippen molar-refractivity contribution in [1.29, 1.82) is 0 Å². The van der Waals surface area contributed by atoms with Gasteiger partial charge in [0.2, 0.25) is 17.7 Å². The molecule has 3 aliphatic heterocycles. The van der Waals surface area contributed by atoms with Crippen molar-refractivity contribution < 1.29 is 24.2 Å². The summed E-state index contributed by atoms with van der Waals surface area (Å²) in [5.41, 5.74) is 0.646. The lowest BCUT2D eigenvalue weighted by atomic mass is 9.65. The molecular formula is C28H41N3O5S. The largest absolute Gasteiger partial charge is 0.494 e. The maximum absolute atomic E-state index is 14.2. The molecule has 2 bridgehead atoms. The van der Waals surface area contributed by atoms with Crippen LogP contribution in [0.25, 0.3) is 0 Å². The highest BCUT2D eigenvalue weighted by Gasteiger charge is 2.76. The fourth-order valence-electron chi connectivity index (χ4n) is 6.62. The fourth-order valence-corrected chi connectivity index (χ4v) is 9.03. The van der Waals surface area contributed by atoms with E-state index < -0.39 is 28.7 Å². The van der Waals surface area contributed by atoms with Gasteiger partial charge in [0, 0.05) is 17.0 Å². The van der Waals surface area contributed by atoms with Gasteiger partial charge in [-0.15, -0.1) is 11.8 Å². The Balaban J connectivity index is 1.70. The lowest BCUT2D eigenvalue weighted by Crippen LogP contribution is -2.60. The number of ether oxygens (including phenoxy) is 1. The molecule has 1 aromatic carbocycles. The second kappa shape index (κ2) is 10.8. The number of nitrogens with one attached hydrogen (secondary N) is 2. The molecule has 9 heteroatoms. The molecule has 1 spiro atoms. The van der Waals surface area contributed by atoms with Crippen LogP contribution in [0.1, 0.15) is 54.4 Å². The molecule has 3 N–H and O–H groups in total. The van der Waals surface area contributed by atoms with Crippen LogP contribution in [-0.2, 0) is 14.4 Å². The molecule has 204 valence electrons. The number of aliphatic hydroxyl groups is 1. The first-order valence-electron chi connectivity index (χ1n) is 13.5. The molecule has 4 rings (SSSR count). The standard InChI is InChI=1S/C28H41N3O5S/c1-7-16(5)20(14-32)31-24(26(34)29-15(3)4)28-17(6)13-21(37-28)22(23(28)27(31)35)25(33)30-18-9-11-19(12-10-18)36-8-2/h9-12,15-17,20-24,32H,7-8,13-14H2,1-6H3,(H,29,34)(H,30,33)/t16-,17?,20-,21+,22-,23-,24?,28?/m0/s1. The zero-order chi connectivity index (χ0) is 27.1. The van der Waals surface area contributed by atoms with Crippen LogP contribution in [0.2, 0.25) is 0 Å². The van der Waals surface area contributed by atoms with Gasteiger partial charge in [0.1, 0.15) is 11.8 Å². The summed E-state index contributed by atoms with van der Waals surface area (Å²) >= 11 is 1.65. The Labute approximate surface area is 224 Å². The molecule has 3 amide bonds. The van der Waals surface area contributed by atoms with Gasteiger partial charge < -0.3 is 25.4 Å². The number of rotatable bonds is 10. The average molecular weight is 532 g/mol. The van der Waals surface area contributed by atoms with E-state index in [1.54, 1.807) is 28.8 Å². The van der Waals surface area contributed by atoms with Gasteiger partial charge in [0.05, 0.1) is 35.8 Å². The Hall–Kier alpha value is -2.26. The molecule has 0 aliphatic carbocycles. The molecule has 3 aliphatic rings. The Morgan fingerprint density at radius 3 is 2.43 bits per heavy atom. The lowest BCUT2D eigenvalue weighted by Gasteiger charge is -2.41. The normalized spacial score (nSPS) is 31.8. The maximum atomic E-state index is 14.2. The zero-order valence-electron chi connectivity index (χ0n) is 22.7. The van der Waals surface area contributed by atoms with Crippen molar-refractivity contribution in [2.75, 3.05) is 18.5 Å². The van der Waals surface area contributed by atoms with Gasteiger partial charge in [-0.1, -0.05) is 27.2 Å². The van der Waals surface area contributed by atoms with Gasteiger partial charge in [0.25, 0.3) is 0 Å². The molecule has 8 nitrogen and oxygen atoms in total. The summed E-state index contributed by atoms with van der Waals surface area (Å²) in [5.74, 6) is -0.919. The Bertz CT molecular complexity index is 1020. The second-order valence-corrected chi connectivity index (χ2v) is 12.6. The first-order chi connectivity index (χ1) is 17.6. The van der Waals surface area contributed by atoms with Crippen molar-refractivity contribution in [2.45, 2.75) is 82.5 Å². The highest BCUT2D eigenvalue weighted by molar-refractivity contribution is 8.02. The number of hydrogen-bond acceptors (Lipinski definition) is 6. The van der Waals surface area contributed by atoms with E-state index in [1.807, 2.05) is 46.8 Å². The number of hydrogen-bond donors (Lipinski definition) is 3. The van der Waals surface area contributed by atoms with Gasteiger partial charge in [-0.2, -0.15) is 0 Å². The van der Waals surface area contributed by atoms with Gasteiger partial charge in [-0.05, 0) is 63.3 Å². The Morgan fingerprint density at radius 2 is 1.86 bits per heavy atom. The van der Waals surface area contributed by atoms with Crippen LogP contribution in [0.5, 0.6) is 5.75 Å². The summed E-state index contributed by atoms with van der Waals surface area (Å²) in [6.45, 7) is 12.2. The summed E-state index contributed by atoms with van der Waals surface area (Å²) in [5, 5.41) is 16.4. The van der Waals surface area contributed by atoms with Gasteiger partial charge in [-0.3, -0.25) is 14.4 Å². The summed E-state index contributed by atoms with van der Waals surface area (Å²) in [4.78, 5) is 43.4. The van der Waals surface area contributed by atoms with Gasteiger partial charge in [-0.25, -0.2) is 0 Å². The van der Waals surface area contributed by atoms with E-state index >= 15 is 0 Å². The van der Waals surface area contributed by atoms with Crippen molar-refractivity contribution in [3.8, 4) is 5.75 Å². The van der Waals surface area contributed by atoms with E-state index in [-0.39, 0.29) is 47.5 Å². The van der Waals surface area contributed by atoms with Crippen molar-refractivity contribution >= 4 is 35.2 Å². The van der Waals surface area contributed by atoms with Crippen molar-refractivity contribution in [1.82, 2.24) is 10.2 Å². The predicted molar refractivity (Wildman–Crippen MR) is 145 cm³/mol. The molecule has 0 radical (unpaired) electrons. The van der Waals surface area contributed by atoms with Crippen LogP contribution >= 0.6 is 11.8 Å². The highest BCUT2D eigenvalue weighted by atomic mass is 32.2. The number of amides is 3. The number of fused-ring (bicyclic) bond motifs is 1. The van der Waals surface area contributed by atoms with Crippen LogP contribution < -0.4 is 15.4 Å². The van der Waals surface area contributed by atoms with E-state index in [2.05, 4.69) is 17.6 Å². The fraction of sp³-hybridized carbons (Fsp3) is 0.679. The number of carbonyl (C=O) groups excluding carboxylic acids is 3. The molecule has 0 saturated carbocycles. The molecule has 37 heavy (non-hydrogen) atoms. The summed E-state index contributed by atoms with van der Waals surface area (Å²) < 4.78 is 4.79. The molecule has 3 unspecified atom stereocenters. The Morgan fingerprint density at radius 1 is 1.19 bits per heavy atom. The highest BCUT2D eigenvalue weighted by Crippen LogP contribution is 2.69. The third-order valence-corrected chi connectivity index (χ3v) is 10.5. The van der Waals surface area contributed by atoms with E-state index in [0.29, 0.717) is 12.3 Å². The van der Waals surface area contributed by atoms with E-state index in [1.165, 1.54) is 0 Å². The van der Waals surface area contributed by atoms with Crippen LogP contribution in [0, 0.1) is 23.7 Å². The molecule has 3 heterocycles. The Kier molecular flexibility index (Phi) is 8.14. The molecule has 8 atom stereocenters. The van der Waals surface area contributed by atoms with E-state index in [9.17, 15) is 19.5 Å². The minimum atomic E-state index is -0.730. The third kappa shape index (κ3) is 4.62. The average Bonchev–Trinajstić information content (AvgIpc) is 3.44. The molecular weight excluding hydrogens is 490 g/mol. The quantitative estimate of drug-likeness (QED) is 0.428. The minimum Gasteiger partial charge on any atom is -0.494 e. The third-order valence-electron chi connectivity index (χ3n) is 8.44. The number of benzene rings is 1. The lowest BCUT2D eigenvalue weighted by molar-refractivity contribution is -0.143.